The van der Waals surface area contributed by atoms with E-state index in [1.165, 1.54) is 0 Å². The molecule has 2 aromatic carbocycles. The van der Waals surface area contributed by atoms with Crippen LogP contribution in [0.2, 0.25) is 0 Å². The molecule has 29 heavy (non-hydrogen) atoms. The van der Waals surface area contributed by atoms with Gasteiger partial charge in [0.05, 0.1) is 7.11 Å². The Hall–Kier alpha value is -3.35. The van der Waals surface area contributed by atoms with Crippen LogP contribution in [0.15, 0.2) is 40.8 Å². The second-order valence-corrected chi connectivity index (χ2v) is 6.82. The van der Waals surface area contributed by atoms with Crippen LogP contribution in [0.4, 0.5) is 0 Å². The summed E-state index contributed by atoms with van der Waals surface area (Å²) in [6.45, 7) is 7.38. The van der Waals surface area contributed by atoms with Gasteiger partial charge in [0, 0.05) is 5.56 Å². The van der Waals surface area contributed by atoms with Crippen LogP contribution in [-0.2, 0) is 9.53 Å². The van der Waals surface area contributed by atoms with Crippen LogP contribution in [0.25, 0.3) is 11.5 Å². The summed E-state index contributed by atoms with van der Waals surface area (Å²) in [6.07, 6.45) is -0.689. The molecule has 1 heterocycles. The average molecular weight is 396 g/mol. The molecule has 0 spiro atoms. The maximum atomic E-state index is 12.2. The Labute approximate surface area is 169 Å². The maximum Gasteiger partial charge on any atom is 0.344 e. The first-order valence-corrected chi connectivity index (χ1v) is 9.25. The van der Waals surface area contributed by atoms with Crippen molar-refractivity contribution in [1.82, 2.24) is 10.2 Å². The topological polar surface area (TPSA) is 83.7 Å². The van der Waals surface area contributed by atoms with E-state index in [0.717, 1.165) is 28.0 Å². The van der Waals surface area contributed by atoms with Gasteiger partial charge in [-0.15, -0.1) is 10.2 Å². The van der Waals surface area contributed by atoms with Crippen LogP contribution in [-0.4, -0.2) is 29.9 Å². The molecule has 0 aliphatic rings. The molecule has 3 rings (SSSR count). The van der Waals surface area contributed by atoms with Crippen molar-refractivity contribution >= 4 is 5.97 Å². The smallest absolute Gasteiger partial charge is 0.344 e. The summed E-state index contributed by atoms with van der Waals surface area (Å²) in [4.78, 5) is 12.2. The molecule has 0 aliphatic heterocycles. The minimum absolute atomic E-state index is 0.200. The largest absolute Gasteiger partial charge is 0.497 e. The summed E-state index contributed by atoms with van der Waals surface area (Å²) in [5.74, 6) is 1.47. The lowest BCUT2D eigenvalue weighted by molar-refractivity contribution is -0.152. The van der Waals surface area contributed by atoms with Crippen LogP contribution in [0, 0.1) is 20.8 Å². The summed E-state index contributed by atoms with van der Waals surface area (Å²) in [5.41, 5.74) is 3.85. The van der Waals surface area contributed by atoms with Crippen LogP contribution in [0.3, 0.4) is 0 Å². The van der Waals surface area contributed by atoms with E-state index in [1.807, 2.05) is 45.0 Å². The molecular weight excluding hydrogens is 372 g/mol. The van der Waals surface area contributed by atoms with E-state index in [9.17, 15) is 4.79 Å². The molecule has 0 aliphatic carbocycles. The monoisotopic (exact) mass is 396 g/mol. The second kappa shape index (κ2) is 8.77. The van der Waals surface area contributed by atoms with E-state index < -0.39 is 12.1 Å². The second-order valence-electron chi connectivity index (χ2n) is 6.82. The lowest BCUT2D eigenvalue weighted by Gasteiger charge is -2.14. The molecule has 0 N–H and O–H groups in total. The Morgan fingerprint density at radius 3 is 2.34 bits per heavy atom. The fourth-order valence-corrected chi connectivity index (χ4v) is 3.06. The van der Waals surface area contributed by atoms with Crippen molar-refractivity contribution in [3.05, 3.63) is 59.0 Å². The number of carbonyl (C=O) groups excluding carboxylic acids is 1. The Morgan fingerprint density at radius 1 is 1.07 bits per heavy atom. The number of aromatic nitrogens is 2. The lowest BCUT2D eigenvalue weighted by Crippen LogP contribution is -2.17. The van der Waals surface area contributed by atoms with Crippen molar-refractivity contribution in [2.75, 3.05) is 13.7 Å². The van der Waals surface area contributed by atoms with Gasteiger partial charge in [0.25, 0.3) is 5.89 Å². The molecular formula is C22H24N2O5. The highest BCUT2D eigenvalue weighted by Gasteiger charge is 2.20. The molecule has 0 saturated carbocycles. The Bertz CT molecular complexity index is 972. The third-order valence-corrected chi connectivity index (χ3v) is 4.37. The third kappa shape index (κ3) is 4.93. The molecule has 0 amide bonds. The van der Waals surface area contributed by atoms with Gasteiger partial charge < -0.3 is 18.6 Å². The van der Waals surface area contributed by atoms with Gasteiger partial charge in [0.1, 0.15) is 11.5 Å². The van der Waals surface area contributed by atoms with Crippen molar-refractivity contribution < 1.29 is 23.4 Å². The van der Waals surface area contributed by atoms with Gasteiger partial charge in [0.2, 0.25) is 5.89 Å². The molecule has 1 atom stereocenters. The first kappa shape index (κ1) is 20.4. The van der Waals surface area contributed by atoms with E-state index in [4.69, 9.17) is 18.6 Å². The predicted octanol–water partition coefficient (Wildman–Crippen LogP) is 4.35. The van der Waals surface area contributed by atoms with Gasteiger partial charge >= 0.3 is 5.97 Å². The minimum atomic E-state index is -0.689. The van der Waals surface area contributed by atoms with Gasteiger partial charge in [0.15, 0.2) is 12.7 Å². The molecule has 0 saturated heterocycles. The normalized spacial score (nSPS) is 11.8. The maximum absolute atomic E-state index is 12.2. The zero-order valence-corrected chi connectivity index (χ0v) is 17.2. The van der Waals surface area contributed by atoms with E-state index in [-0.39, 0.29) is 12.5 Å². The average Bonchev–Trinajstić information content (AvgIpc) is 3.17. The summed E-state index contributed by atoms with van der Waals surface area (Å²) in [6, 6.07) is 11.2. The summed E-state index contributed by atoms with van der Waals surface area (Å²) in [7, 11) is 1.60. The first-order valence-electron chi connectivity index (χ1n) is 9.25. The van der Waals surface area contributed by atoms with Crippen LogP contribution in [0.1, 0.15) is 35.6 Å². The predicted molar refractivity (Wildman–Crippen MR) is 107 cm³/mol. The van der Waals surface area contributed by atoms with E-state index in [2.05, 4.69) is 10.2 Å². The molecule has 0 bridgehead atoms. The Kier molecular flexibility index (Phi) is 6.16. The van der Waals surface area contributed by atoms with Gasteiger partial charge in [-0.2, -0.15) is 0 Å². The van der Waals surface area contributed by atoms with E-state index >= 15 is 0 Å². The van der Waals surface area contributed by atoms with Crippen molar-refractivity contribution in [3.63, 3.8) is 0 Å². The van der Waals surface area contributed by atoms with Gasteiger partial charge in [-0.1, -0.05) is 17.7 Å². The summed E-state index contributed by atoms with van der Waals surface area (Å²) >= 11 is 0. The number of methoxy groups -OCH3 is 1. The zero-order valence-electron chi connectivity index (χ0n) is 17.2. The minimum Gasteiger partial charge on any atom is -0.497 e. The van der Waals surface area contributed by atoms with Gasteiger partial charge in [-0.05, 0) is 63.1 Å². The summed E-state index contributed by atoms with van der Waals surface area (Å²) < 4.78 is 21.8. The fraction of sp³-hybridized carbons (Fsp3) is 0.318. The van der Waals surface area contributed by atoms with Crippen molar-refractivity contribution in [2.45, 2.75) is 33.8 Å². The van der Waals surface area contributed by atoms with Crippen LogP contribution < -0.4 is 9.47 Å². The van der Waals surface area contributed by atoms with Crippen molar-refractivity contribution in [3.8, 4) is 23.0 Å². The zero-order chi connectivity index (χ0) is 21.0. The standard InChI is InChI=1S/C22H24N2O5/c1-13-10-14(2)20(15(3)11-13)27-12-19(25)28-16(4)21-23-24-22(29-21)17-6-8-18(26-5)9-7-17/h6-11,16H,12H2,1-5H3. The number of rotatable bonds is 7. The van der Waals surface area contributed by atoms with Gasteiger partial charge in [-0.25, -0.2) is 4.79 Å². The fourth-order valence-electron chi connectivity index (χ4n) is 3.06. The molecule has 1 aromatic heterocycles. The Morgan fingerprint density at radius 2 is 1.72 bits per heavy atom. The van der Waals surface area contributed by atoms with Crippen molar-refractivity contribution in [1.29, 1.82) is 0 Å². The molecule has 3 aromatic rings. The number of benzene rings is 2. The quantitative estimate of drug-likeness (QED) is 0.549. The number of aryl methyl sites for hydroxylation is 3. The number of hydrogen-bond acceptors (Lipinski definition) is 7. The highest BCUT2D eigenvalue weighted by molar-refractivity contribution is 5.71. The van der Waals surface area contributed by atoms with Crippen LogP contribution in [0.5, 0.6) is 11.5 Å². The molecule has 0 radical (unpaired) electrons. The SMILES string of the molecule is COc1ccc(-c2nnc(C(C)OC(=O)COc3c(C)cc(C)cc3C)o2)cc1. The number of hydrogen-bond donors (Lipinski definition) is 0. The highest BCUT2D eigenvalue weighted by Crippen LogP contribution is 2.26. The highest BCUT2D eigenvalue weighted by atomic mass is 16.6. The number of nitrogens with zero attached hydrogens (tertiary/aromatic N) is 2. The van der Waals surface area contributed by atoms with Crippen molar-refractivity contribution in [2.24, 2.45) is 0 Å². The number of ether oxygens (including phenoxy) is 3. The lowest BCUT2D eigenvalue weighted by atomic mass is 10.1. The molecule has 0 fully saturated rings. The molecule has 1 unspecified atom stereocenters. The first-order chi connectivity index (χ1) is 13.9. The Balaban J connectivity index is 1.59. The molecule has 7 nitrogen and oxygen atoms in total. The van der Waals surface area contributed by atoms with E-state index in [1.54, 1.807) is 26.2 Å². The van der Waals surface area contributed by atoms with E-state index in [0.29, 0.717) is 11.6 Å². The number of carbonyl (C=O) groups is 1. The molecule has 7 heteroatoms. The van der Waals surface area contributed by atoms with Gasteiger partial charge in [-0.3, -0.25) is 0 Å². The third-order valence-electron chi connectivity index (χ3n) is 4.37. The summed E-state index contributed by atoms with van der Waals surface area (Å²) in [5, 5.41) is 7.99. The molecule has 152 valence electrons. The number of esters is 1. The van der Waals surface area contributed by atoms with Crippen LogP contribution >= 0.6 is 0 Å².